The summed E-state index contributed by atoms with van der Waals surface area (Å²) in [5.41, 5.74) is 4.15. The molecule has 47 heavy (non-hydrogen) atoms. The number of para-hydroxylation sites is 1. The first-order valence-corrected chi connectivity index (χ1v) is 17.9. The van der Waals surface area contributed by atoms with Gasteiger partial charge in [0.15, 0.2) is 0 Å². The predicted octanol–water partition coefficient (Wildman–Crippen LogP) is 6.92. The Balaban J connectivity index is 0.000000771. The molecule has 1 saturated heterocycles. The summed E-state index contributed by atoms with van der Waals surface area (Å²) in [4.78, 5) is 29.1. The average Bonchev–Trinajstić information content (AvgIpc) is 3.38. The number of halogens is 1. The van der Waals surface area contributed by atoms with Crippen LogP contribution in [0.25, 0.3) is 10.9 Å². The molecule has 9 heteroatoms. The molecule has 1 aromatic heterocycles. The van der Waals surface area contributed by atoms with Crippen molar-refractivity contribution in [3.63, 3.8) is 0 Å². The average molecular weight is 669 g/mol. The summed E-state index contributed by atoms with van der Waals surface area (Å²) < 4.78 is 13.6. The molecule has 0 unspecified atom stereocenters. The van der Waals surface area contributed by atoms with Gasteiger partial charge in [-0.15, -0.1) is 0 Å². The lowest BCUT2D eigenvalue weighted by molar-refractivity contribution is -0.120. The van der Waals surface area contributed by atoms with Crippen molar-refractivity contribution in [2.24, 2.45) is 0 Å². The molecule has 1 aliphatic rings. The molecule has 1 aliphatic heterocycles. The van der Waals surface area contributed by atoms with E-state index in [4.69, 9.17) is 21.1 Å². The number of ether oxygens (including phenoxy) is 2. The number of Topliss-reactive ketones (excluding diaryl/α,β-unsaturated/α-hetero) is 1. The molecule has 1 amide bonds. The zero-order valence-electron chi connectivity index (χ0n) is 29.6. The molecule has 0 saturated carbocycles. The van der Waals surface area contributed by atoms with E-state index >= 15 is 0 Å². The number of aromatic nitrogens is 1. The fraction of sp³-hybridized carbons (Fsp3) is 0.579. The number of benzene rings is 2. The predicted molar refractivity (Wildman–Crippen MR) is 194 cm³/mol. The number of rotatable bonds is 17. The molecule has 0 bridgehead atoms. The van der Waals surface area contributed by atoms with Crippen LogP contribution < -0.4 is 10.1 Å². The number of hydrogen-bond donors (Lipinski definition) is 1. The van der Waals surface area contributed by atoms with Crippen LogP contribution in [-0.4, -0.2) is 84.6 Å². The molecule has 8 nitrogen and oxygen atoms in total. The second-order valence-corrected chi connectivity index (χ2v) is 13.1. The summed E-state index contributed by atoms with van der Waals surface area (Å²) in [6.45, 7) is 20.6. The second kappa shape index (κ2) is 20.5. The van der Waals surface area contributed by atoms with E-state index in [2.05, 4.69) is 52.7 Å². The van der Waals surface area contributed by atoms with E-state index < -0.39 is 0 Å². The normalized spacial score (nSPS) is 13.9. The summed E-state index contributed by atoms with van der Waals surface area (Å²) in [5.74, 6) is 1.06. The molecular weight excluding hydrogens is 612 g/mol. The van der Waals surface area contributed by atoms with E-state index in [1.165, 1.54) is 0 Å². The number of aryl methyl sites for hydroxylation is 2. The van der Waals surface area contributed by atoms with Crippen molar-refractivity contribution in [1.29, 1.82) is 0 Å². The van der Waals surface area contributed by atoms with Gasteiger partial charge in [-0.25, -0.2) is 0 Å². The highest BCUT2D eigenvalue weighted by molar-refractivity contribution is 6.31. The molecule has 2 aromatic carbocycles. The number of amides is 1. The molecule has 0 atom stereocenters. The summed E-state index contributed by atoms with van der Waals surface area (Å²) in [5, 5.41) is 4.86. The Morgan fingerprint density at radius 2 is 1.64 bits per heavy atom. The van der Waals surface area contributed by atoms with Crippen molar-refractivity contribution in [3.05, 3.63) is 64.3 Å². The Hall–Kier alpha value is -2.91. The van der Waals surface area contributed by atoms with Crippen molar-refractivity contribution in [3.8, 4) is 5.75 Å². The molecule has 0 radical (unpaired) electrons. The van der Waals surface area contributed by atoms with Gasteiger partial charge in [0.2, 0.25) is 5.91 Å². The molecular formula is C38H57ClN4O4. The van der Waals surface area contributed by atoms with E-state index in [1.807, 2.05) is 44.2 Å². The molecule has 0 spiro atoms. The fourth-order valence-corrected chi connectivity index (χ4v) is 6.17. The van der Waals surface area contributed by atoms with Gasteiger partial charge in [-0.3, -0.25) is 14.5 Å². The van der Waals surface area contributed by atoms with Gasteiger partial charge < -0.3 is 24.3 Å². The van der Waals surface area contributed by atoms with Gasteiger partial charge in [0.1, 0.15) is 11.5 Å². The first-order valence-electron chi connectivity index (χ1n) is 17.5. The van der Waals surface area contributed by atoms with Crippen LogP contribution in [0.4, 0.5) is 0 Å². The van der Waals surface area contributed by atoms with Crippen LogP contribution in [0.15, 0.2) is 42.6 Å². The maximum Gasteiger partial charge on any atom is 0.224 e. The van der Waals surface area contributed by atoms with Crippen LogP contribution in [0.3, 0.4) is 0 Å². The Labute approximate surface area is 287 Å². The topological polar surface area (TPSA) is 76.0 Å². The Kier molecular flexibility index (Phi) is 16.8. The number of nitrogens with one attached hydrogen (secondary N) is 1. The smallest absolute Gasteiger partial charge is 0.224 e. The van der Waals surface area contributed by atoms with Gasteiger partial charge in [-0.1, -0.05) is 56.6 Å². The molecule has 1 N–H and O–H groups in total. The van der Waals surface area contributed by atoms with Crippen molar-refractivity contribution in [1.82, 2.24) is 19.7 Å². The number of carbonyl (C=O) groups is 2. The van der Waals surface area contributed by atoms with Gasteiger partial charge in [-0.2, -0.15) is 0 Å². The van der Waals surface area contributed by atoms with Crippen LogP contribution in [-0.2, 0) is 40.3 Å². The molecule has 260 valence electrons. The molecule has 3 aromatic rings. The summed E-state index contributed by atoms with van der Waals surface area (Å²) in [6.07, 6.45) is 6.63. The monoisotopic (exact) mass is 668 g/mol. The van der Waals surface area contributed by atoms with E-state index in [1.54, 1.807) is 6.92 Å². The standard InChI is InChI=1S/C32H43ClN4O3.C6H14O/c1-5-26-11-10-25(18-29(26)33)20-34-31(39)19-27-22-37(32-28(27)8-6-9-30(32)40-23(2)3)13-7-12-35-14-16-36(17-15-35)21-24(4)38;1-3-5-7-6-4-2/h6,8-11,18,22-23H,5,7,12-17,19-21H2,1-4H3,(H,34,39);3-6H2,1-2H3. The van der Waals surface area contributed by atoms with Gasteiger partial charge >= 0.3 is 0 Å². The van der Waals surface area contributed by atoms with Gasteiger partial charge in [-0.05, 0) is 81.8 Å². The number of fused-ring (bicyclic) bond motifs is 1. The number of carbonyl (C=O) groups excluding carboxylic acids is 2. The molecule has 1 fully saturated rings. The van der Waals surface area contributed by atoms with Gasteiger partial charge in [0, 0.05) is 69.1 Å². The maximum absolute atomic E-state index is 13.0. The van der Waals surface area contributed by atoms with Crippen molar-refractivity contribution >= 4 is 34.2 Å². The largest absolute Gasteiger partial charge is 0.489 e. The highest BCUT2D eigenvalue weighted by Crippen LogP contribution is 2.31. The SMILES string of the molecule is CCCOCCC.CCc1ccc(CNC(=O)Cc2cn(CCCN3CCN(CC(C)=O)CC3)c3c(OC(C)C)cccc23)cc1Cl. The molecule has 4 rings (SSSR count). The lowest BCUT2D eigenvalue weighted by atomic mass is 10.1. The van der Waals surface area contributed by atoms with E-state index in [0.717, 1.165) is 117 Å². The minimum atomic E-state index is -0.0200. The highest BCUT2D eigenvalue weighted by atomic mass is 35.5. The third-order valence-electron chi connectivity index (χ3n) is 8.13. The van der Waals surface area contributed by atoms with Gasteiger partial charge in [0.25, 0.3) is 0 Å². The quantitative estimate of drug-likeness (QED) is 0.157. The van der Waals surface area contributed by atoms with Gasteiger partial charge in [0.05, 0.1) is 24.6 Å². The van der Waals surface area contributed by atoms with Crippen LogP contribution in [0.2, 0.25) is 5.02 Å². The minimum absolute atomic E-state index is 0.0200. The summed E-state index contributed by atoms with van der Waals surface area (Å²) in [6, 6.07) is 12.1. The first-order chi connectivity index (χ1) is 22.6. The Bertz CT molecular complexity index is 1390. The van der Waals surface area contributed by atoms with Crippen LogP contribution in [0, 0.1) is 0 Å². The maximum atomic E-state index is 13.0. The lowest BCUT2D eigenvalue weighted by Gasteiger charge is -2.34. The van der Waals surface area contributed by atoms with Crippen molar-refractivity contribution in [2.75, 3.05) is 52.5 Å². The van der Waals surface area contributed by atoms with Crippen molar-refractivity contribution < 1.29 is 19.1 Å². The third kappa shape index (κ3) is 12.9. The summed E-state index contributed by atoms with van der Waals surface area (Å²) in [7, 11) is 0. The molecule has 0 aliphatic carbocycles. The fourth-order valence-electron chi connectivity index (χ4n) is 5.83. The second-order valence-electron chi connectivity index (χ2n) is 12.7. The van der Waals surface area contributed by atoms with Crippen LogP contribution >= 0.6 is 11.6 Å². The van der Waals surface area contributed by atoms with E-state index in [9.17, 15) is 9.59 Å². The highest BCUT2D eigenvalue weighted by Gasteiger charge is 2.19. The number of nitrogens with zero attached hydrogens (tertiary/aromatic N) is 3. The zero-order chi connectivity index (χ0) is 34.2. The van der Waals surface area contributed by atoms with Crippen LogP contribution in [0.1, 0.15) is 77.5 Å². The first kappa shape index (κ1) is 38.5. The number of piperazine rings is 1. The third-order valence-corrected chi connectivity index (χ3v) is 8.48. The summed E-state index contributed by atoms with van der Waals surface area (Å²) >= 11 is 6.36. The zero-order valence-corrected chi connectivity index (χ0v) is 30.3. The van der Waals surface area contributed by atoms with Crippen molar-refractivity contribution in [2.45, 2.75) is 92.8 Å². The van der Waals surface area contributed by atoms with Crippen LogP contribution in [0.5, 0.6) is 5.75 Å². The number of hydrogen-bond acceptors (Lipinski definition) is 6. The molecule has 2 heterocycles. The minimum Gasteiger partial charge on any atom is -0.489 e. The van der Waals surface area contributed by atoms with E-state index in [0.29, 0.717) is 19.5 Å². The van der Waals surface area contributed by atoms with E-state index in [-0.39, 0.29) is 17.8 Å². The Morgan fingerprint density at radius 3 is 2.26 bits per heavy atom. The Morgan fingerprint density at radius 1 is 0.936 bits per heavy atom. The number of ketones is 1. The lowest BCUT2D eigenvalue weighted by Crippen LogP contribution is -2.47.